The molecule has 2 atom stereocenters. The first-order valence-corrected chi connectivity index (χ1v) is 4.38. The summed E-state index contributed by atoms with van der Waals surface area (Å²) in [7, 11) is 0. The molecular formula is C10H13NO3. The molecule has 1 rings (SSSR count). The van der Waals surface area contributed by atoms with Crippen LogP contribution in [0.25, 0.3) is 0 Å². The first kappa shape index (κ1) is 10.7. The summed E-state index contributed by atoms with van der Waals surface area (Å²) < 4.78 is 0. The molecule has 14 heavy (non-hydrogen) atoms. The molecular weight excluding hydrogens is 182 g/mol. The van der Waals surface area contributed by atoms with Crippen molar-refractivity contribution < 1.29 is 10.0 Å². The lowest BCUT2D eigenvalue weighted by Crippen LogP contribution is -2.39. The van der Waals surface area contributed by atoms with E-state index in [0.29, 0.717) is 0 Å². The predicted molar refractivity (Wildman–Crippen MR) is 52.5 cm³/mol. The highest BCUT2D eigenvalue weighted by Gasteiger charge is 2.41. The van der Waals surface area contributed by atoms with Crippen LogP contribution in [0.1, 0.15) is 25.3 Å². The van der Waals surface area contributed by atoms with Crippen molar-refractivity contribution in [3.63, 3.8) is 0 Å². The van der Waals surface area contributed by atoms with Gasteiger partial charge in [0.2, 0.25) is 0 Å². The Morgan fingerprint density at radius 1 is 1.43 bits per heavy atom. The SMILES string of the molecule is CC(c1ccccc1)C(C)(O)[N+](=O)[O-]. The van der Waals surface area contributed by atoms with Crippen molar-refractivity contribution in [2.45, 2.75) is 25.5 Å². The van der Waals surface area contributed by atoms with Crippen molar-refractivity contribution in [3.05, 3.63) is 46.0 Å². The summed E-state index contributed by atoms with van der Waals surface area (Å²) in [6.45, 7) is 2.85. The molecule has 0 heterocycles. The van der Waals surface area contributed by atoms with Crippen LogP contribution in [-0.2, 0) is 0 Å². The Labute approximate surface area is 82.3 Å². The standard InChI is InChI=1S/C10H13NO3/c1-8(10(2,12)11(13)14)9-6-4-3-5-7-9/h3-8,12H,1-2H3. The molecule has 0 aromatic heterocycles. The molecule has 0 aliphatic rings. The zero-order valence-corrected chi connectivity index (χ0v) is 8.18. The number of hydrogen-bond donors (Lipinski definition) is 1. The van der Waals surface area contributed by atoms with Crippen LogP contribution < -0.4 is 0 Å². The van der Waals surface area contributed by atoms with Gasteiger partial charge in [0, 0.05) is 6.92 Å². The summed E-state index contributed by atoms with van der Waals surface area (Å²) in [5.41, 5.74) is -1.16. The van der Waals surface area contributed by atoms with E-state index in [9.17, 15) is 15.2 Å². The third-order valence-electron chi connectivity index (χ3n) is 2.49. The zero-order valence-electron chi connectivity index (χ0n) is 8.18. The molecule has 0 aliphatic carbocycles. The van der Waals surface area contributed by atoms with E-state index < -0.39 is 16.6 Å². The molecule has 0 aliphatic heterocycles. The molecule has 0 amide bonds. The van der Waals surface area contributed by atoms with Crippen molar-refractivity contribution in [1.82, 2.24) is 0 Å². The van der Waals surface area contributed by atoms with E-state index in [0.717, 1.165) is 5.56 Å². The molecule has 0 fully saturated rings. The fourth-order valence-corrected chi connectivity index (χ4v) is 1.22. The Morgan fingerprint density at radius 2 is 1.93 bits per heavy atom. The Balaban J connectivity index is 2.96. The minimum Gasteiger partial charge on any atom is -0.330 e. The predicted octanol–water partition coefficient (Wildman–Crippen LogP) is 1.78. The van der Waals surface area contributed by atoms with E-state index in [2.05, 4.69) is 0 Å². The van der Waals surface area contributed by atoms with E-state index in [1.54, 1.807) is 31.2 Å². The number of rotatable bonds is 3. The van der Waals surface area contributed by atoms with Gasteiger partial charge in [-0.3, -0.25) is 10.1 Å². The average molecular weight is 195 g/mol. The fourth-order valence-electron chi connectivity index (χ4n) is 1.22. The maximum absolute atomic E-state index is 10.6. The lowest BCUT2D eigenvalue weighted by Gasteiger charge is -2.21. The Kier molecular flexibility index (Phi) is 2.86. The zero-order chi connectivity index (χ0) is 10.8. The second-order valence-electron chi connectivity index (χ2n) is 3.48. The molecule has 76 valence electrons. The number of benzene rings is 1. The maximum atomic E-state index is 10.6. The van der Waals surface area contributed by atoms with Gasteiger partial charge < -0.3 is 5.11 Å². The van der Waals surface area contributed by atoms with Crippen LogP contribution in [0.4, 0.5) is 0 Å². The third kappa shape index (κ3) is 1.90. The van der Waals surface area contributed by atoms with Gasteiger partial charge in [0.05, 0.1) is 10.8 Å². The lowest BCUT2D eigenvalue weighted by molar-refractivity contribution is -0.624. The highest BCUT2D eigenvalue weighted by molar-refractivity contribution is 5.20. The van der Waals surface area contributed by atoms with Gasteiger partial charge in [-0.15, -0.1) is 0 Å². The topological polar surface area (TPSA) is 63.4 Å². The van der Waals surface area contributed by atoms with E-state index in [-0.39, 0.29) is 0 Å². The molecule has 4 nitrogen and oxygen atoms in total. The van der Waals surface area contributed by atoms with E-state index >= 15 is 0 Å². The quantitative estimate of drug-likeness (QED) is 0.454. The highest BCUT2D eigenvalue weighted by Crippen LogP contribution is 2.27. The lowest BCUT2D eigenvalue weighted by atomic mass is 9.92. The Bertz CT molecular complexity index is 321. The smallest absolute Gasteiger partial charge is 0.326 e. The second-order valence-corrected chi connectivity index (χ2v) is 3.48. The molecule has 0 saturated carbocycles. The van der Waals surface area contributed by atoms with E-state index in [1.807, 2.05) is 6.07 Å². The highest BCUT2D eigenvalue weighted by atomic mass is 16.7. The van der Waals surface area contributed by atoms with Crippen molar-refractivity contribution in [2.75, 3.05) is 0 Å². The van der Waals surface area contributed by atoms with Crippen LogP contribution in [0.2, 0.25) is 0 Å². The van der Waals surface area contributed by atoms with Crippen LogP contribution in [0.15, 0.2) is 30.3 Å². The average Bonchev–Trinajstić information content (AvgIpc) is 2.17. The monoisotopic (exact) mass is 195 g/mol. The van der Waals surface area contributed by atoms with Gasteiger partial charge in [-0.1, -0.05) is 30.3 Å². The van der Waals surface area contributed by atoms with Crippen LogP contribution in [0.5, 0.6) is 0 Å². The van der Waals surface area contributed by atoms with Crippen LogP contribution in [0.3, 0.4) is 0 Å². The first-order valence-electron chi connectivity index (χ1n) is 4.38. The largest absolute Gasteiger partial charge is 0.330 e. The molecule has 4 heteroatoms. The van der Waals surface area contributed by atoms with Gasteiger partial charge in [0.25, 0.3) is 0 Å². The van der Waals surface area contributed by atoms with Crippen molar-refractivity contribution >= 4 is 0 Å². The normalized spacial score (nSPS) is 17.1. The molecule has 0 spiro atoms. The molecule has 1 aromatic carbocycles. The molecule has 2 unspecified atom stereocenters. The number of aliphatic hydroxyl groups is 1. The summed E-state index contributed by atoms with van der Waals surface area (Å²) in [6.07, 6.45) is 0. The fraction of sp³-hybridized carbons (Fsp3) is 0.400. The number of nitro groups is 1. The Morgan fingerprint density at radius 3 is 2.36 bits per heavy atom. The van der Waals surface area contributed by atoms with Gasteiger partial charge in [0.1, 0.15) is 0 Å². The minimum atomic E-state index is -1.92. The minimum absolute atomic E-state index is 0.529. The van der Waals surface area contributed by atoms with Gasteiger partial charge in [-0.2, -0.15) is 0 Å². The van der Waals surface area contributed by atoms with Gasteiger partial charge in [-0.25, -0.2) is 0 Å². The van der Waals surface area contributed by atoms with E-state index in [4.69, 9.17) is 0 Å². The van der Waals surface area contributed by atoms with Crippen molar-refractivity contribution in [3.8, 4) is 0 Å². The van der Waals surface area contributed by atoms with E-state index in [1.165, 1.54) is 6.92 Å². The summed E-state index contributed by atoms with van der Waals surface area (Å²) in [6, 6.07) is 8.95. The maximum Gasteiger partial charge on any atom is 0.326 e. The van der Waals surface area contributed by atoms with Gasteiger partial charge in [0.15, 0.2) is 0 Å². The second kappa shape index (κ2) is 3.75. The molecule has 0 bridgehead atoms. The summed E-state index contributed by atoms with van der Waals surface area (Å²) in [4.78, 5) is 9.93. The van der Waals surface area contributed by atoms with Crippen LogP contribution >= 0.6 is 0 Å². The molecule has 1 aromatic rings. The first-order chi connectivity index (χ1) is 6.46. The molecule has 0 saturated heterocycles. The van der Waals surface area contributed by atoms with Crippen LogP contribution in [-0.4, -0.2) is 15.8 Å². The molecule has 0 radical (unpaired) electrons. The third-order valence-corrected chi connectivity index (χ3v) is 2.49. The molecule has 1 N–H and O–H groups in total. The summed E-state index contributed by atoms with van der Waals surface area (Å²) in [5, 5.41) is 20.2. The summed E-state index contributed by atoms with van der Waals surface area (Å²) >= 11 is 0. The Hall–Kier alpha value is -1.42. The summed E-state index contributed by atoms with van der Waals surface area (Å²) in [5.74, 6) is -0.529. The van der Waals surface area contributed by atoms with Gasteiger partial charge in [-0.05, 0) is 12.5 Å². The van der Waals surface area contributed by atoms with Crippen LogP contribution in [0, 0.1) is 10.1 Å². The number of hydrogen-bond acceptors (Lipinski definition) is 3. The van der Waals surface area contributed by atoms with Gasteiger partial charge >= 0.3 is 5.72 Å². The van der Waals surface area contributed by atoms with Crippen molar-refractivity contribution in [1.29, 1.82) is 0 Å². The number of nitrogens with zero attached hydrogens (tertiary/aromatic N) is 1. The van der Waals surface area contributed by atoms with Crippen molar-refractivity contribution in [2.24, 2.45) is 0 Å².